The first-order valence-electron chi connectivity index (χ1n) is 13.1. The number of H-pyrrole nitrogens is 2. The fourth-order valence-electron chi connectivity index (χ4n) is 4.62. The summed E-state index contributed by atoms with van der Waals surface area (Å²) in [5.74, 6) is 0.202. The first kappa shape index (κ1) is 24.3. The summed E-state index contributed by atoms with van der Waals surface area (Å²) >= 11 is 0. The van der Waals surface area contributed by atoms with Crippen molar-refractivity contribution in [3.8, 4) is 5.88 Å². The van der Waals surface area contributed by atoms with Crippen LogP contribution in [-0.2, 0) is 13.1 Å². The number of fused-ring (bicyclic) bond motifs is 1. The third-order valence-corrected chi connectivity index (χ3v) is 7.05. The summed E-state index contributed by atoms with van der Waals surface area (Å²) in [5, 5.41) is 18.3. The van der Waals surface area contributed by atoms with Crippen LogP contribution in [0.5, 0.6) is 5.88 Å². The molecule has 4 heterocycles. The van der Waals surface area contributed by atoms with Gasteiger partial charge in [-0.1, -0.05) is 31.2 Å². The number of aromatic hydroxyl groups is 1. The van der Waals surface area contributed by atoms with Crippen molar-refractivity contribution in [1.29, 1.82) is 0 Å². The molecule has 38 heavy (non-hydrogen) atoms. The number of likely N-dealkylation sites (N-methyl/N-ethyl adjacent to an activating group) is 1. The van der Waals surface area contributed by atoms with Gasteiger partial charge in [0, 0.05) is 44.5 Å². The van der Waals surface area contributed by atoms with Gasteiger partial charge in [-0.15, -0.1) is 0 Å². The second kappa shape index (κ2) is 10.4. The van der Waals surface area contributed by atoms with Gasteiger partial charge in [0.2, 0.25) is 11.8 Å². The fourth-order valence-corrected chi connectivity index (χ4v) is 4.62. The summed E-state index contributed by atoms with van der Waals surface area (Å²) in [6.07, 6.45) is 5.31. The summed E-state index contributed by atoms with van der Waals surface area (Å²) in [6, 6.07) is 8.91. The highest BCUT2D eigenvalue weighted by atomic mass is 16.3. The minimum atomic E-state index is -0.489. The van der Waals surface area contributed by atoms with E-state index in [1.54, 1.807) is 16.8 Å². The molecular formula is C26H32N10O2. The number of nitrogens with one attached hydrogen (secondary N) is 3. The average Bonchev–Trinajstić information content (AvgIpc) is 3.56. The van der Waals surface area contributed by atoms with E-state index in [2.05, 4.69) is 71.3 Å². The van der Waals surface area contributed by atoms with E-state index in [0.29, 0.717) is 29.0 Å². The molecule has 1 saturated carbocycles. The normalized spacial score (nSPS) is 18.0. The van der Waals surface area contributed by atoms with Crippen LogP contribution in [-0.4, -0.2) is 83.2 Å². The van der Waals surface area contributed by atoms with Gasteiger partial charge < -0.3 is 20.3 Å². The lowest BCUT2D eigenvalue weighted by Gasteiger charge is -2.34. The smallest absolute Gasteiger partial charge is 0.326 e. The van der Waals surface area contributed by atoms with Gasteiger partial charge in [-0.3, -0.25) is 9.88 Å². The molecule has 0 amide bonds. The zero-order valence-corrected chi connectivity index (χ0v) is 21.4. The molecule has 198 valence electrons. The van der Waals surface area contributed by atoms with Crippen LogP contribution in [0.25, 0.3) is 11.7 Å². The molecule has 0 bridgehead atoms. The molecule has 1 aromatic carbocycles. The predicted molar refractivity (Wildman–Crippen MR) is 142 cm³/mol. The van der Waals surface area contributed by atoms with Crippen LogP contribution in [0.2, 0.25) is 0 Å². The van der Waals surface area contributed by atoms with Crippen molar-refractivity contribution in [2.75, 3.05) is 38.0 Å². The van der Waals surface area contributed by atoms with Gasteiger partial charge in [-0.2, -0.15) is 19.6 Å². The first-order chi connectivity index (χ1) is 18.5. The van der Waals surface area contributed by atoms with Crippen LogP contribution in [0.3, 0.4) is 0 Å². The summed E-state index contributed by atoms with van der Waals surface area (Å²) in [4.78, 5) is 35.4. The fraction of sp³-hybridized carbons (Fsp3) is 0.423. The molecular weight excluding hydrogens is 484 g/mol. The van der Waals surface area contributed by atoms with Crippen molar-refractivity contribution in [3.05, 3.63) is 68.6 Å². The molecule has 0 atom stereocenters. The van der Waals surface area contributed by atoms with Crippen LogP contribution < -0.4 is 21.8 Å². The molecule has 4 N–H and O–H groups in total. The molecule has 0 unspecified atom stereocenters. The number of piperazine rings is 1. The number of hydrogen-bond donors (Lipinski definition) is 4. The lowest BCUT2D eigenvalue weighted by Crippen LogP contribution is -2.45. The molecule has 2 fully saturated rings. The van der Waals surface area contributed by atoms with Crippen molar-refractivity contribution >= 4 is 17.7 Å². The molecule has 2 aliphatic rings. The largest absolute Gasteiger partial charge is 0.493 e. The quantitative estimate of drug-likeness (QED) is 0.260. The monoisotopic (exact) mass is 516 g/mol. The second-order valence-corrected chi connectivity index (χ2v) is 9.91. The molecule has 12 heteroatoms. The van der Waals surface area contributed by atoms with Gasteiger partial charge >= 0.3 is 5.69 Å². The van der Waals surface area contributed by atoms with E-state index >= 15 is 0 Å². The molecule has 1 aliphatic heterocycles. The molecule has 1 aliphatic carbocycles. The molecule has 6 rings (SSSR count). The molecule has 12 nitrogen and oxygen atoms in total. The van der Waals surface area contributed by atoms with E-state index in [0.717, 1.165) is 57.7 Å². The maximum absolute atomic E-state index is 11.5. The number of rotatable bonds is 8. The standard InChI is InChI=1S/C26H32N10O2/c1-2-34-9-11-35(12-10-34)16-18-5-3-17(4-6-18)14-27-24-31-22-19(13-21-23(37)32-26(38)30-21)15-28-36(22)25(33-24)29-20-7-8-20/h3-6,13,15,20,37H,2,7-12,14,16H2,1H3,(H,27,29,33)(H2,30,32,38). The topological polar surface area (TPSA) is 143 Å². The minimum absolute atomic E-state index is 0.240. The van der Waals surface area contributed by atoms with E-state index in [1.807, 2.05) is 0 Å². The highest BCUT2D eigenvalue weighted by molar-refractivity contribution is 5.57. The zero-order chi connectivity index (χ0) is 26.1. The summed E-state index contributed by atoms with van der Waals surface area (Å²) in [6.45, 7) is 9.38. The molecule has 3 aromatic heterocycles. The van der Waals surface area contributed by atoms with E-state index in [4.69, 9.17) is 4.99 Å². The first-order valence-corrected chi connectivity index (χ1v) is 13.1. The number of anilines is 1. The molecule has 4 aromatic rings. The van der Waals surface area contributed by atoms with Crippen LogP contribution in [0.4, 0.5) is 5.95 Å². The summed E-state index contributed by atoms with van der Waals surface area (Å²) in [5.41, 5.74) is 3.21. The highest BCUT2D eigenvalue weighted by Gasteiger charge is 2.21. The Morgan fingerprint density at radius 1 is 1.08 bits per heavy atom. The van der Waals surface area contributed by atoms with Gasteiger partial charge in [0.25, 0.3) is 5.62 Å². The van der Waals surface area contributed by atoms with Crippen molar-refractivity contribution in [3.63, 3.8) is 0 Å². The lowest BCUT2D eigenvalue weighted by molar-refractivity contribution is 0.132. The Morgan fingerprint density at radius 3 is 2.50 bits per heavy atom. The van der Waals surface area contributed by atoms with Crippen LogP contribution in [0.1, 0.15) is 36.6 Å². The number of nitrogens with zero attached hydrogens (tertiary/aromatic N) is 7. The Hall–Kier alpha value is -4.03. The second-order valence-electron chi connectivity index (χ2n) is 9.91. The van der Waals surface area contributed by atoms with Gasteiger partial charge in [0.1, 0.15) is 5.69 Å². The maximum Gasteiger partial charge on any atom is 0.326 e. The van der Waals surface area contributed by atoms with E-state index in [1.165, 1.54) is 5.56 Å². The number of benzene rings is 1. The van der Waals surface area contributed by atoms with Crippen molar-refractivity contribution in [2.24, 2.45) is 4.99 Å². The van der Waals surface area contributed by atoms with Crippen LogP contribution in [0, 0.1) is 0 Å². The van der Waals surface area contributed by atoms with Crippen molar-refractivity contribution in [2.45, 2.75) is 38.9 Å². The Bertz CT molecular complexity index is 1590. The maximum atomic E-state index is 11.5. The number of imidazole rings is 1. The third kappa shape index (κ3) is 5.46. The van der Waals surface area contributed by atoms with Crippen molar-refractivity contribution < 1.29 is 5.11 Å². The van der Waals surface area contributed by atoms with Gasteiger partial charge in [-0.25, -0.2) is 9.79 Å². The third-order valence-electron chi connectivity index (χ3n) is 7.05. The number of hydrogen-bond acceptors (Lipinski definition) is 9. The Balaban J connectivity index is 1.20. The van der Waals surface area contributed by atoms with E-state index in [9.17, 15) is 9.90 Å². The minimum Gasteiger partial charge on any atom is -0.493 e. The van der Waals surface area contributed by atoms with E-state index < -0.39 is 5.69 Å². The zero-order valence-electron chi connectivity index (χ0n) is 21.4. The van der Waals surface area contributed by atoms with Crippen LogP contribution >= 0.6 is 0 Å². The summed E-state index contributed by atoms with van der Waals surface area (Å²) in [7, 11) is 0. The molecule has 1 saturated heterocycles. The van der Waals surface area contributed by atoms with E-state index in [-0.39, 0.29) is 17.6 Å². The molecule has 0 radical (unpaired) electrons. The lowest BCUT2D eigenvalue weighted by atomic mass is 10.1. The number of aromatic nitrogens is 6. The van der Waals surface area contributed by atoms with Crippen molar-refractivity contribution in [1.82, 2.24) is 39.3 Å². The average molecular weight is 517 g/mol. The number of aromatic amines is 2. The van der Waals surface area contributed by atoms with Gasteiger partial charge in [-0.05, 0) is 36.6 Å². The SMILES string of the molecule is CCN1CCN(Cc2ccc(CNc3nc(=NC4CC4)n4ncc(=Cc5[nH]c(=O)[nH]c5O)c4n3)cc2)CC1. The highest BCUT2D eigenvalue weighted by Crippen LogP contribution is 2.22. The van der Waals surface area contributed by atoms with Gasteiger partial charge in [0.05, 0.1) is 12.2 Å². The van der Waals surface area contributed by atoms with Gasteiger partial charge in [0.15, 0.2) is 5.65 Å². The molecule has 0 spiro atoms. The predicted octanol–water partition coefficient (Wildman–Crippen LogP) is 0.207. The summed E-state index contributed by atoms with van der Waals surface area (Å²) < 4.78 is 1.59. The Morgan fingerprint density at radius 2 is 1.82 bits per heavy atom. The Kier molecular flexibility index (Phi) is 6.64. The Labute approximate surface area is 218 Å². The van der Waals surface area contributed by atoms with Crippen LogP contribution in [0.15, 0.2) is 40.2 Å².